The van der Waals surface area contributed by atoms with E-state index in [0.717, 1.165) is 11.2 Å². The van der Waals surface area contributed by atoms with E-state index in [1.54, 1.807) is 0 Å². The number of hydrogen-bond donors (Lipinski definition) is 0. The molecule has 0 N–H and O–H groups in total. The number of rotatable bonds is 1. The van der Waals surface area contributed by atoms with Crippen LogP contribution in [0.4, 0.5) is 0 Å². The SMILES string of the molecule is Cc1cc[n+](C)c(-c2c(C)c3ccccc3c3oc4ccccc4c23)c1. The van der Waals surface area contributed by atoms with E-state index in [1.807, 2.05) is 6.07 Å². The number of hydrogen-bond acceptors (Lipinski definition) is 1. The zero-order valence-electron chi connectivity index (χ0n) is 15.2. The Kier molecular flexibility index (Phi) is 3.17. The van der Waals surface area contributed by atoms with E-state index in [-0.39, 0.29) is 0 Å². The summed E-state index contributed by atoms with van der Waals surface area (Å²) in [6, 6.07) is 21.3. The number of furan rings is 1. The van der Waals surface area contributed by atoms with Crippen LogP contribution in [0, 0.1) is 13.8 Å². The maximum Gasteiger partial charge on any atom is 0.213 e. The molecular weight excluding hydrogens is 318 g/mol. The standard InChI is InChI=1S/C24H20NO/c1-15-12-13-25(3)20(14-15)22-16(2)17-8-4-5-9-18(17)24-23(22)19-10-6-7-11-21(19)26-24/h4-14H,1-3H3/q+1. The zero-order chi connectivity index (χ0) is 17.8. The smallest absolute Gasteiger partial charge is 0.213 e. The van der Waals surface area contributed by atoms with Gasteiger partial charge in [0.1, 0.15) is 18.2 Å². The van der Waals surface area contributed by atoms with Crippen molar-refractivity contribution in [3.8, 4) is 11.3 Å². The van der Waals surface area contributed by atoms with Crippen molar-refractivity contribution < 1.29 is 8.98 Å². The molecule has 2 nitrogen and oxygen atoms in total. The summed E-state index contributed by atoms with van der Waals surface area (Å²) >= 11 is 0. The van der Waals surface area contributed by atoms with Crippen LogP contribution in [0.25, 0.3) is 44.0 Å². The second-order valence-corrected chi connectivity index (χ2v) is 7.05. The normalized spacial score (nSPS) is 11.7. The van der Waals surface area contributed by atoms with Crippen LogP contribution in [0.1, 0.15) is 11.1 Å². The van der Waals surface area contributed by atoms with Gasteiger partial charge in [0.25, 0.3) is 0 Å². The first kappa shape index (κ1) is 15.2. The Labute approximate surface area is 152 Å². The molecule has 126 valence electrons. The van der Waals surface area contributed by atoms with Gasteiger partial charge in [0.05, 0.1) is 5.56 Å². The molecule has 0 saturated carbocycles. The second kappa shape index (κ2) is 5.43. The Hall–Kier alpha value is -3.13. The third-order valence-corrected chi connectivity index (χ3v) is 5.36. The lowest BCUT2D eigenvalue weighted by molar-refractivity contribution is -0.660. The summed E-state index contributed by atoms with van der Waals surface area (Å²) in [5.41, 5.74) is 6.94. The highest BCUT2D eigenvalue weighted by Gasteiger charge is 2.23. The zero-order valence-corrected chi connectivity index (χ0v) is 15.2. The highest BCUT2D eigenvalue weighted by Crippen LogP contribution is 2.42. The summed E-state index contributed by atoms with van der Waals surface area (Å²) in [7, 11) is 2.11. The minimum Gasteiger partial charge on any atom is -0.455 e. The number of benzene rings is 3. The van der Waals surface area contributed by atoms with Gasteiger partial charge in [-0.05, 0) is 36.4 Å². The Morgan fingerprint density at radius 3 is 2.31 bits per heavy atom. The summed E-state index contributed by atoms with van der Waals surface area (Å²) in [5.74, 6) is 0. The van der Waals surface area contributed by atoms with Crippen LogP contribution in [0.2, 0.25) is 0 Å². The van der Waals surface area contributed by atoms with Crippen molar-refractivity contribution in [2.24, 2.45) is 7.05 Å². The third-order valence-electron chi connectivity index (χ3n) is 5.36. The fourth-order valence-corrected chi connectivity index (χ4v) is 4.06. The molecule has 0 atom stereocenters. The molecule has 0 spiro atoms. The molecule has 3 aromatic carbocycles. The van der Waals surface area contributed by atoms with E-state index in [9.17, 15) is 0 Å². The Morgan fingerprint density at radius 1 is 0.808 bits per heavy atom. The average molecular weight is 338 g/mol. The van der Waals surface area contributed by atoms with Crippen molar-refractivity contribution in [1.29, 1.82) is 0 Å². The largest absolute Gasteiger partial charge is 0.455 e. The predicted molar refractivity (Wildman–Crippen MR) is 107 cm³/mol. The van der Waals surface area contributed by atoms with E-state index < -0.39 is 0 Å². The molecule has 0 aliphatic heterocycles. The molecule has 0 unspecified atom stereocenters. The fourth-order valence-electron chi connectivity index (χ4n) is 4.06. The van der Waals surface area contributed by atoms with Gasteiger partial charge in [-0.1, -0.05) is 42.5 Å². The minimum atomic E-state index is 0.940. The fraction of sp³-hybridized carbons (Fsp3) is 0.125. The molecule has 2 aromatic heterocycles. The highest BCUT2D eigenvalue weighted by molar-refractivity contribution is 6.22. The number of fused-ring (bicyclic) bond motifs is 5. The van der Waals surface area contributed by atoms with Gasteiger partial charge < -0.3 is 4.42 Å². The molecule has 0 fully saturated rings. The molecule has 0 aliphatic carbocycles. The molecule has 26 heavy (non-hydrogen) atoms. The van der Waals surface area contributed by atoms with Gasteiger partial charge >= 0.3 is 0 Å². The quantitative estimate of drug-likeness (QED) is 0.351. The molecule has 2 heterocycles. The highest BCUT2D eigenvalue weighted by atomic mass is 16.3. The van der Waals surface area contributed by atoms with Crippen LogP contribution in [-0.2, 0) is 7.05 Å². The number of para-hydroxylation sites is 1. The summed E-state index contributed by atoms with van der Waals surface area (Å²) in [4.78, 5) is 0. The van der Waals surface area contributed by atoms with Crippen LogP contribution in [-0.4, -0.2) is 0 Å². The first-order chi connectivity index (χ1) is 12.6. The predicted octanol–water partition coefficient (Wildman–Crippen LogP) is 5.85. The Bertz CT molecular complexity index is 1310. The summed E-state index contributed by atoms with van der Waals surface area (Å²) in [6.45, 7) is 4.37. The van der Waals surface area contributed by atoms with Gasteiger partial charge in [-0.3, -0.25) is 0 Å². The van der Waals surface area contributed by atoms with Crippen molar-refractivity contribution >= 4 is 32.7 Å². The van der Waals surface area contributed by atoms with E-state index >= 15 is 0 Å². The molecule has 2 heteroatoms. The van der Waals surface area contributed by atoms with Crippen LogP contribution in [0.15, 0.2) is 71.3 Å². The first-order valence-electron chi connectivity index (χ1n) is 8.94. The monoisotopic (exact) mass is 338 g/mol. The lowest BCUT2D eigenvalue weighted by Gasteiger charge is -2.11. The average Bonchev–Trinajstić information content (AvgIpc) is 3.04. The first-order valence-corrected chi connectivity index (χ1v) is 8.94. The van der Waals surface area contributed by atoms with Crippen LogP contribution < -0.4 is 4.57 Å². The maximum absolute atomic E-state index is 6.34. The van der Waals surface area contributed by atoms with Crippen LogP contribution in [0.3, 0.4) is 0 Å². The van der Waals surface area contributed by atoms with Gasteiger partial charge in [0.2, 0.25) is 5.69 Å². The lowest BCUT2D eigenvalue weighted by atomic mass is 9.92. The van der Waals surface area contributed by atoms with Crippen LogP contribution >= 0.6 is 0 Å². The molecular formula is C24H20NO+. The molecule has 5 rings (SSSR count). The Morgan fingerprint density at radius 2 is 1.50 bits per heavy atom. The molecule has 0 radical (unpaired) electrons. The van der Waals surface area contributed by atoms with E-state index in [0.29, 0.717) is 0 Å². The number of nitrogens with zero attached hydrogens (tertiary/aromatic N) is 1. The van der Waals surface area contributed by atoms with Crippen molar-refractivity contribution in [2.45, 2.75) is 13.8 Å². The van der Waals surface area contributed by atoms with Gasteiger partial charge in [-0.25, -0.2) is 4.57 Å². The van der Waals surface area contributed by atoms with Crippen LogP contribution in [0.5, 0.6) is 0 Å². The topological polar surface area (TPSA) is 17.0 Å². The minimum absolute atomic E-state index is 0.940. The van der Waals surface area contributed by atoms with Crippen molar-refractivity contribution in [3.05, 3.63) is 78.0 Å². The molecule has 0 amide bonds. The number of aromatic nitrogens is 1. The number of pyridine rings is 1. The van der Waals surface area contributed by atoms with Crippen molar-refractivity contribution in [2.75, 3.05) is 0 Å². The van der Waals surface area contributed by atoms with Gasteiger partial charge in [0, 0.05) is 28.3 Å². The van der Waals surface area contributed by atoms with Crippen molar-refractivity contribution in [1.82, 2.24) is 0 Å². The molecule has 0 aliphatic rings. The van der Waals surface area contributed by atoms with E-state index in [2.05, 4.69) is 86.3 Å². The second-order valence-electron chi connectivity index (χ2n) is 7.05. The summed E-state index contributed by atoms with van der Waals surface area (Å²) < 4.78 is 8.54. The molecule has 5 aromatic rings. The lowest BCUT2D eigenvalue weighted by Crippen LogP contribution is -2.30. The number of aryl methyl sites for hydroxylation is 3. The third kappa shape index (κ3) is 2.02. The van der Waals surface area contributed by atoms with E-state index in [4.69, 9.17) is 4.42 Å². The van der Waals surface area contributed by atoms with Gasteiger partial charge in [-0.2, -0.15) is 0 Å². The van der Waals surface area contributed by atoms with E-state index in [1.165, 1.54) is 43.9 Å². The van der Waals surface area contributed by atoms with Gasteiger partial charge in [0.15, 0.2) is 6.20 Å². The van der Waals surface area contributed by atoms with Gasteiger partial charge in [-0.15, -0.1) is 0 Å². The molecule has 0 saturated heterocycles. The van der Waals surface area contributed by atoms with Crippen molar-refractivity contribution in [3.63, 3.8) is 0 Å². The maximum atomic E-state index is 6.34. The summed E-state index contributed by atoms with van der Waals surface area (Å²) in [5, 5.41) is 4.80. The molecule has 0 bridgehead atoms. The summed E-state index contributed by atoms with van der Waals surface area (Å²) in [6.07, 6.45) is 2.13. The Balaban J connectivity index is 2.10.